The van der Waals surface area contributed by atoms with E-state index in [4.69, 9.17) is 13.9 Å². The molecule has 1 spiro atoms. The lowest BCUT2D eigenvalue weighted by Crippen LogP contribution is -2.52. The van der Waals surface area contributed by atoms with Crippen molar-refractivity contribution in [1.29, 1.82) is 0 Å². The van der Waals surface area contributed by atoms with Crippen molar-refractivity contribution in [2.24, 2.45) is 0 Å². The van der Waals surface area contributed by atoms with E-state index in [0.717, 1.165) is 55.3 Å². The van der Waals surface area contributed by atoms with Gasteiger partial charge in [-0.2, -0.15) is 0 Å². The van der Waals surface area contributed by atoms with Crippen molar-refractivity contribution >= 4 is 16.8 Å². The van der Waals surface area contributed by atoms with Crippen LogP contribution in [0.3, 0.4) is 0 Å². The summed E-state index contributed by atoms with van der Waals surface area (Å²) in [5, 5.41) is 1.08. The second-order valence-corrected chi connectivity index (χ2v) is 5.66. The molecule has 5 nitrogen and oxygen atoms in total. The number of hydrogen-bond donors (Lipinski definition) is 0. The zero-order valence-corrected chi connectivity index (χ0v) is 11.6. The molecule has 4 heterocycles. The molecule has 5 heteroatoms. The van der Waals surface area contributed by atoms with Gasteiger partial charge in [-0.15, -0.1) is 0 Å². The van der Waals surface area contributed by atoms with E-state index in [-0.39, 0.29) is 5.60 Å². The summed E-state index contributed by atoms with van der Waals surface area (Å²) in [5.41, 5.74) is 0.747. The van der Waals surface area contributed by atoms with Crippen LogP contribution in [0, 0.1) is 6.92 Å². The lowest BCUT2D eigenvalue weighted by atomic mass is 10.0. The summed E-state index contributed by atoms with van der Waals surface area (Å²) >= 11 is 0. The predicted octanol–water partition coefficient (Wildman–Crippen LogP) is 2.13. The Bertz CT molecular complexity index is 631. The summed E-state index contributed by atoms with van der Waals surface area (Å²) in [6, 6.07) is 3.98. The average molecular weight is 274 g/mol. The van der Waals surface area contributed by atoms with E-state index in [1.807, 2.05) is 19.2 Å². The van der Waals surface area contributed by atoms with Crippen LogP contribution in [-0.4, -0.2) is 43.5 Å². The topological polar surface area (TPSA) is 47.7 Å². The molecule has 20 heavy (non-hydrogen) atoms. The minimum Gasteiger partial charge on any atom is -0.461 e. The Morgan fingerprint density at radius 3 is 3.15 bits per heavy atom. The number of aryl methyl sites for hydroxylation is 1. The summed E-state index contributed by atoms with van der Waals surface area (Å²) in [4.78, 5) is 6.87. The Morgan fingerprint density at radius 1 is 1.35 bits per heavy atom. The lowest BCUT2D eigenvalue weighted by Gasteiger charge is -2.40. The number of rotatable bonds is 1. The van der Waals surface area contributed by atoms with Crippen LogP contribution in [-0.2, 0) is 9.47 Å². The number of fused-ring (bicyclic) bond motifs is 1. The van der Waals surface area contributed by atoms with Crippen LogP contribution >= 0.6 is 0 Å². The van der Waals surface area contributed by atoms with Crippen molar-refractivity contribution in [3.8, 4) is 0 Å². The summed E-state index contributed by atoms with van der Waals surface area (Å²) in [6.07, 6.45) is 2.78. The van der Waals surface area contributed by atoms with E-state index < -0.39 is 0 Å². The maximum absolute atomic E-state index is 5.98. The van der Waals surface area contributed by atoms with Gasteiger partial charge in [0.25, 0.3) is 0 Å². The number of aromatic nitrogens is 1. The number of ether oxygens (including phenoxy) is 2. The minimum absolute atomic E-state index is 0.152. The van der Waals surface area contributed by atoms with Gasteiger partial charge in [0.05, 0.1) is 25.1 Å². The third kappa shape index (κ3) is 1.89. The van der Waals surface area contributed by atoms with Gasteiger partial charge in [0, 0.05) is 25.8 Å². The molecule has 0 N–H and O–H groups in total. The summed E-state index contributed by atoms with van der Waals surface area (Å²) in [5.74, 6) is 1.91. The molecular weight excluding hydrogens is 256 g/mol. The van der Waals surface area contributed by atoms with Crippen molar-refractivity contribution in [2.75, 3.05) is 37.8 Å². The van der Waals surface area contributed by atoms with Crippen LogP contribution in [0.4, 0.5) is 5.82 Å². The molecule has 0 amide bonds. The monoisotopic (exact) mass is 274 g/mol. The summed E-state index contributed by atoms with van der Waals surface area (Å²) < 4.78 is 17.2. The molecule has 4 rings (SSSR count). The first-order valence-electron chi connectivity index (χ1n) is 7.08. The highest BCUT2D eigenvalue weighted by Gasteiger charge is 2.41. The van der Waals surface area contributed by atoms with Crippen LogP contribution in [0.25, 0.3) is 11.0 Å². The van der Waals surface area contributed by atoms with Crippen molar-refractivity contribution in [3.05, 3.63) is 24.1 Å². The molecule has 0 radical (unpaired) electrons. The van der Waals surface area contributed by atoms with Crippen LogP contribution in [0.2, 0.25) is 0 Å². The predicted molar refractivity (Wildman–Crippen MR) is 75.1 cm³/mol. The van der Waals surface area contributed by atoms with E-state index in [0.29, 0.717) is 6.61 Å². The molecule has 0 aliphatic carbocycles. The maximum atomic E-state index is 5.98. The first-order valence-corrected chi connectivity index (χ1v) is 7.08. The summed E-state index contributed by atoms with van der Waals surface area (Å²) in [7, 11) is 0. The number of hydrogen-bond acceptors (Lipinski definition) is 5. The molecule has 2 aliphatic rings. The number of nitrogens with zero attached hydrogens (tertiary/aromatic N) is 2. The van der Waals surface area contributed by atoms with Crippen molar-refractivity contribution in [3.63, 3.8) is 0 Å². The molecule has 0 aromatic carbocycles. The SMILES string of the molecule is Cc1cc2c(N3CCOC4(CCOC4)C3)nccc2o1. The second-order valence-electron chi connectivity index (χ2n) is 5.66. The van der Waals surface area contributed by atoms with Gasteiger partial charge in [-0.05, 0) is 19.1 Å². The van der Waals surface area contributed by atoms with Crippen molar-refractivity contribution < 1.29 is 13.9 Å². The number of pyridine rings is 1. The van der Waals surface area contributed by atoms with Gasteiger partial charge < -0.3 is 18.8 Å². The Morgan fingerprint density at radius 2 is 2.30 bits per heavy atom. The highest BCUT2D eigenvalue weighted by molar-refractivity contribution is 5.89. The van der Waals surface area contributed by atoms with Crippen molar-refractivity contribution in [1.82, 2.24) is 4.98 Å². The molecule has 0 bridgehead atoms. The normalized spacial score (nSPS) is 26.8. The highest BCUT2D eigenvalue weighted by Crippen LogP contribution is 2.33. The molecule has 1 atom stereocenters. The van der Waals surface area contributed by atoms with E-state index in [1.54, 1.807) is 0 Å². The van der Waals surface area contributed by atoms with E-state index in [9.17, 15) is 0 Å². The fourth-order valence-corrected chi connectivity index (χ4v) is 3.18. The van der Waals surface area contributed by atoms with Crippen LogP contribution < -0.4 is 4.90 Å². The molecule has 2 saturated heterocycles. The summed E-state index contributed by atoms with van der Waals surface area (Å²) in [6.45, 7) is 5.86. The molecule has 2 fully saturated rings. The Hall–Kier alpha value is -1.59. The van der Waals surface area contributed by atoms with E-state index >= 15 is 0 Å². The lowest BCUT2D eigenvalue weighted by molar-refractivity contribution is -0.0580. The third-order valence-corrected chi connectivity index (χ3v) is 4.16. The molecule has 106 valence electrons. The second kappa shape index (κ2) is 4.46. The van der Waals surface area contributed by atoms with Crippen LogP contribution in [0.15, 0.2) is 22.7 Å². The van der Waals surface area contributed by atoms with E-state index in [2.05, 4.69) is 16.0 Å². The minimum atomic E-state index is -0.152. The fourth-order valence-electron chi connectivity index (χ4n) is 3.18. The fraction of sp³-hybridized carbons (Fsp3) is 0.533. The Labute approximate surface area is 117 Å². The van der Waals surface area contributed by atoms with Gasteiger partial charge in [-0.1, -0.05) is 0 Å². The van der Waals surface area contributed by atoms with Crippen LogP contribution in [0.1, 0.15) is 12.2 Å². The molecule has 0 saturated carbocycles. The van der Waals surface area contributed by atoms with E-state index in [1.165, 1.54) is 0 Å². The zero-order valence-electron chi connectivity index (χ0n) is 11.6. The number of anilines is 1. The van der Waals surface area contributed by atoms with Gasteiger partial charge >= 0.3 is 0 Å². The third-order valence-electron chi connectivity index (χ3n) is 4.16. The maximum Gasteiger partial charge on any atom is 0.139 e. The molecule has 2 aromatic rings. The van der Waals surface area contributed by atoms with Gasteiger partial charge in [0.2, 0.25) is 0 Å². The number of furan rings is 1. The smallest absolute Gasteiger partial charge is 0.139 e. The molecule has 1 unspecified atom stereocenters. The van der Waals surface area contributed by atoms with Crippen LogP contribution in [0.5, 0.6) is 0 Å². The van der Waals surface area contributed by atoms with Gasteiger partial charge in [0.15, 0.2) is 0 Å². The van der Waals surface area contributed by atoms with Gasteiger partial charge in [-0.3, -0.25) is 0 Å². The molecular formula is C15H18N2O3. The molecule has 2 aromatic heterocycles. The Balaban J connectivity index is 1.71. The first-order chi connectivity index (χ1) is 9.76. The first kappa shape index (κ1) is 12.2. The standard InChI is InChI=1S/C15H18N2O3/c1-11-8-12-13(20-11)2-4-16-14(12)17-5-7-19-15(9-17)3-6-18-10-15/h2,4,8H,3,5-7,9-10H2,1H3. The quantitative estimate of drug-likeness (QED) is 0.797. The van der Waals surface area contributed by atoms with Gasteiger partial charge in [-0.25, -0.2) is 4.98 Å². The van der Waals surface area contributed by atoms with Gasteiger partial charge in [0.1, 0.15) is 22.8 Å². The molecule has 2 aliphatic heterocycles. The number of morpholine rings is 1. The Kier molecular flexibility index (Phi) is 2.72. The average Bonchev–Trinajstić information content (AvgIpc) is 3.04. The zero-order chi connectivity index (χ0) is 13.6. The van der Waals surface area contributed by atoms with Crippen molar-refractivity contribution in [2.45, 2.75) is 18.9 Å². The highest BCUT2D eigenvalue weighted by atomic mass is 16.6. The largest absolute Gasteiger partial charge is 0.461 e.